The second kappa shape index (κ2) is 5.00. The Kier molecular flexibility index (Phi) is 3.42. The van der Waals surface area contributed by atoms with Gasteiger partial charge in [-0.25, -0.2) is 4.39 Å². The van der Waals surface area contributed by atoms with Gasteiger partial charge in [0.05, 0.1) is 0 Å². The van der Waals surface area contributed by atoms with Crippen LogP contribution in [-0.4, -0.2) is 5.91 Å². The number of hydrogen-bond acceptors (Lipinski definition) is 1. The third kappa shape index (κ3) is 2.56. The molecule has 0 bridgehead atoms. The van der Waals surface area contributed by atoms with Gasteiger partial charge < -0.3 is 5.32 Å². The maximum absolute atomic E-state index is 13.0. The van der Waals surface area contributed by atoms with E-state index in [0.717, 1.165) is 5.56 Å². The fourth-order valence-corrected chi connectivity index (χ4v) is 1.78. The highest BCUT2D eigenvalue weighted by atomic mass is 19.1. The lowest BCUT2D eigenvalue weighted by atomic mass is 10.1. The van der Waals surface area contributed by atoms with Crippen molar-refractivity contribution in [3.63, 3.8) is 0 Å². The first-order valence-electron chi connectivity index (χ1n) is 5.71. The fourth-order valence-electron chi connectivity index (χ4n) is 1.78. The van der Waals surface area contributed by atoms with Gasteiger partial charge in [0.25, 0.3) is 5.91 Å². The predicted molar refractivity (Wildman–Crippen MR) is 70.3 cm³/mol. The summed E-state index contributed by atoms with van der Waals surface area (Å²) in [4.78, 5) is 12.1. The molecule has 0 aliphatic carbocycles. The Hall–Kier alpha value is -2.16. The molecule has 0 aliphatic heterocycles. The van der Waals surface area contributed by atoms with E-state index in [0.29, 0.717) is 16.8 Å². The van der Waals surface area contributed by atoms with Gasteiger partial charge in [-0.2, -0.15) is 0 Å². The zero-order chi connectivity index (χ0) is 13.1. The van der Waals surface area contributed by atoms with Crippen molar-refractivity contribution >= 4 is 11.6 Å². The normalized spacial score (nSPS) is 10.2. The van der Waals surface area contributed by atoms with Crippen LogP contribution < -0.4 is 5.32 Å². The van der Waals surface area contributed by atoms with Crippen LogP contribution in [-0.2, 0) is 0 Å². The van der Waals surface area contributed by atoms with E-state index in [4.69, 9.17) is 0 Å². The lowest BCUT2D eigenvalue weighted by molar-refractivity contribution is 0.102. The smallest absolute Gasteiger partial charge is 0.255 e. The molecule has 0 spiro atoms. The summed E-state index contributed by atoms with van der Waals surface area (Å²) >= 11 is 0. The van der Waals surface area contributed by atoms with Crippen LogP contribution in [0.1, 0.15) is 21.5 Å². The number of nitrogens with one attached hydrogen (secondary N) is 1. The minimum Gasteiger partial charge on any atom is -0.322 e. The molecule has 0 saturated heterocycles. The predicted octanol–water partition coefficient (Wildman–Crippen LogP) is 3.69. The van der Waals surface area contributed by atoms with Crippen molar-refractivity contribution in [3.8, 4) is 0 Å². The summed E-state index contributed by atoms with van der Waals surface area (Å²) in [7, 11) is 0. The number of halogens is 1. The quantitative estimate of drug-likeness (QED) is 0.856. The van der Waals surface area contributed by atoms with Gasteiger partial charge >= 0.3 is 0 Å². The first-order chi connectivity index (χ1) is 8.58. The van der Waals surface area contributed by atoms with E-state index in [1.807, 2.05) is 25.1 Å². The minimum absolute atomic E-state index is 0.178. The molecule has 0 radical (unpaired) electrons. The highest BCUT2D eigenvalue weighted by Crippen LogP contribution is 2.17. The monoisotopic (exact) mass is 243 g/mol. The Morgan fingerprint density at radius 1 is 1.06 bits per heavy atom. The molecule has 0 saturated carbocycles. The Balaban J connectivity index is 2.24. The molecule has 2 nitrogen and oxygen atoms in total. The molecule has 18 heavy (non-hydrogen) atoms. The van der Waals surface area contributed by atoms with Crippen molar-refractivity contribution in [3.05, 3.63) is 65.0 Å². The summed E-state index contributed by atoms with van der Waals surface area (Å²) in [5.41, 5.74) is 2.87. The average Bonchev–Trinajstić information content (AvgIpc) is 2.33. The number of rotatable bonds is 2. The molecule has 0 aromatic heterocycles. The van der Waals surface area contributed by atoms with E-state index in [-0.39, 0.29) is 11.7 Å². The molecule has 0 heterocycles. The number of aryl methyl sites for hydroxylation is 2. The standard InChI is InChI=1S/C15H14FNO/c1-10-5-3-4-6-13(10)15(18)17-14-8-7-12(16)9-11(14)2/h3-9H,1-2H3,(H,17,18). The van der Waals surface area contributed by atoms with Crippen LogP contribution in [0.25, 0.3) is 0 Å². The van der Waals surface area contributed by atoms with Gasteiger partial charge in [0.1, 0.15) is 5.82 Å². The van der Waals surface area contributed by atoms with Crippen LogP contribution in [0, 0.1) is 19.7 Å². The molecule has 0 unspecified atom stereocenters. The minimum atomic E-state index is -0.304. The zero-order valence-corrected chi connectivity index (χ0v) is 10.3. The Labute approximate surface area is 105 Å². The van der Waals surface area contributed by atoms with Crippen molar-refractivity contribution in [2.45, 2.75) is 13.8 Å². The van der Waals surface area contributed by atoms with E-state index < -0.39 is 0 Å². The van der Waals surface area contributed by atoms with Crippen LogP contribution >= 0.6 is 0 Å². The summed E-state index contributed by atoms with van der Waals surface area (Å²) < 4.78 is 13.0. The molecule has 92 valence electrons. The number of benzene rings is 2. The van der Waals surface area contributed by atoms with Gasteiger partial charge in [0.15, 0.2) is 0 Å². The molecule has 0 atom stereocenters. The largest absolute Gasteiger partial charge is 0.322 e. The summed E-state index contributed by atoms with van der Waals surface area (Å²) in [5.74, 6) is -0.482. The van der Waals surface area contributed by atoms with Crippen LogP contribution in [0.5, 0.6) is 0 Å². The summed E-state index contributed by atoms with van der Waals surface area (Å²) in [6.45, 7) is 3.64. The van der Waals surface area contributed by atoms with Gasteiger partial charge in [-0.05, 0) is 49.2 Å². The first-order valence-corrected chi connectivity index (χ1v) is 5.71. The maximum Gasteiger partial charge on any atom is 0.255 e. The molecule has 2 aromatic rings. The highest BCUT2D eigenvalue weighted by Gasteiger charge is 2.09. The van der Waals surface area contributed by atoms with E-state index >= 15 is 0 Å². The van der Waals surface area contributed by atoms with Gasteiger partial charge in [-0.3, -0.25) is 4.79 Å². The number of carbonyl (C=O) groups excluding carboxylic acids is 1. The summed E-state index contributed by atoms with van der Waals surface area (Å²) in [6.07, 6.45) is 0. The molecule has 0 aliphatic rings. The van der Waals surface area contributed by atoms with Gasteiger partial charge in [-0.15, -0.1) is 0 Å². The molecule has 0 fully saturated rings. The van der Waals surface area contributed by atoms with Crippen LogP contribution in [0.4, 0.5) is 10.1 Å². The first kappa shape index (κ1) is 12.3. The lowest BCUT2D eigenvalue weighted by Crippen LogP contribution is -2.14. The fraction of sp³-hybridized carbons (Fsp3) is 0.133. The average molecular weight is 243 g/mol. The highest BCUT2D eigenvalue weighted by molar-refractivity contribution is 6.05. The lowest BCUT2D eigenvalue weighted by Gasteiger charge is -2.09. The van der Waals surface area contributed by atoms with Crippen LogP contribution in [0.15, 0.2) is 42.5 Å². The van der Waals surface area contributed by atoms with Crippen molar-refractivity contribution in [2.24, 2.45) is 0 Å². The third-order valence-electron chi connectivity index (χ3n) is 2.83. The van der Waals surface area contributed by atoms with E-state index in [9.17, 15) is 9.18 Å². The Morgan fingerprint density at radius 2 is 1.78 bits per heavy atom. The van der Waals surface area contributed by atoms with E-state index in [1.54, 1.807) is 19.1 Å². The van der Waals surface area contributed by atoms with Crippen molar-refractivity contribution in [1.29, 1.82) is 0 Å². The maximum atomic E-state index is 13.0. The number of amides is 1. The van der Waals surface area contributed by atoms with Gasteiger partial charge in [0, 0.05) is 11.3 Å². The second-order valence-electron chi connectivity index (χ2n) is 4.23. The third-order valence-corrected chi connectivity index (χ3v) is 2.83. The SMILES string of the molecule is Cc1cc(F)ccc1NC(=O)c1ccccc1C. The Bertz CT molecular complexity index is 593. The second-order valence-corrected chi connectivity index (χ2v) is 4.23. The van der Waals surface area contributed by atoms with Gasteiger partial charge in [-0.1, -0.05) is 18.2 Å². The Morgan fingerprint density at radius 3 is 2.44 bits per heavy atom. The summed E-state index contributed by atoms with van der Waals surface area (Å²) in [5, 5.41) is 2.79. The van der Waals surface area contributed by atoms with Crippen LogP contribution in [0.2, 0.25) is 0 Å². The molecule has 2 aromatic carbocycles. The molecular weight excluding hydrogens is 229 g/mol. The van der Waals surface area contributed by atoms with Crippen LogP contribution in [0.3, 0.4) is 0 Å². The number of hydrogen-bond donors (Lipinski definition) is 1. The zero-order valence-electron chi connectivity index (χ0n) is 10.3. The molecule has 2 rings (SSSR count). The van der Waals surface area contributed by atoms with E-state index in [2.05, 4.69) is 5.32 Å². The topological polar surface area (TPSA) is 29.1 Å². The van der Waals surface area contributed by atoms with Crippen molar-refractivity contribution < 1.29 is 9.18 Å². The van der Waals surface area contributed by atoms with Crippen molar-refractivity contribution in [1.82, 2.24) is 0 Å². The molecule has 1 amide bonds. The van der Waals surface area contributed by atoms with Gasteiger partial charge in [0.2, 0.25) is 0 Å². The molecule has 1 N–H and O–H groups in total. The number of carbonyl (C=O) groups is 1. The molecular formula is C15H14FNO. The number of anilines is 1. The molecule has 3 heteroatoms. The summed E-state index contributed by atoms with van der Waals surface area (Å²) in [6, 6.07) is 11.7. The van der Waals surface area contributed by atoms with Crippen molar-refractivity contribution in [2.75, 3.05) is 5.32 Å². The van der Waals surface area contributed by atoms with E-state index in [1.165, 1.54) is 12.1 Å².